The van der Waals surface area contributed by atoms with E-state index in [2.05, 4.69) is 48.6 Å². The molecule has 0 saturated heterocycles. The van der Waals surface area contributed by atoms with Crippen molar-refractivity contribution < 1.29 is 0 Å². The van der Waals surface area contributed by atoms with E-state index in [1.165, 1.54) is 5.22 Å². The van der Waals surface area contributed by atoms with Gasteiger partial charge in [0.1, 0.15) is 0 Å². The molecule has 0 amide bonds. The van der Waals surface area contributed by atoms with Crippen LogP contribution in [0.25, 0.3) is 6.08 Å². The van der Waals surface area contributed by atoms with Gasteiger partial charge in [-0.05, 0) is 11.3 Å². The molecule has 14 heavy (non-hydrogen) atoms. The minimum absolute atomic E-state index is 0.315. The normalized spacial score (nSPS) is 27.1. The van der Waals surface area contributed by atoms with Crippen molar-refractivity contribution in [1.29, 1.82) is 0 Å². The van der Waals surface area contributed by atoms with E-state index in [-0.39, 0.29) is 0 Å². The number of para-hydroxylation sites is 1. The lowest BCUT2D eigenvalue weighted by Crippen LogP contribution is -2.34. The Hall–Kier alpha value is -1.63. The molecule has 1 aliphatic heterocycles. The predicted octanol–water partition coefficient (Wildman–Crippen LogP) is 1.21. The first kappa shape index (κ1) is 7.74. The Morgan fingerprint density at radius 1 is 1.00 bits per heavy atom. The molecule has 68 valence electrons. The number of allylic oxidation sites excluding steroid dienone is 2. The van der Waals surface area contributed by atoms with Crippen LogP contribution in [0.3, 0.4) is 0 Å². The molecule has 1 aliphatic carbocycles. The Morgan fingerprint density at radius 2 is 1.86 bits per heavy atom. The van der Waals surface area contributed by atoms with Gasteiger partial charge in [0.2, 0.25) is 0 Å². The van der Waals surface area contributed by atoms with Gasteiger partial charge in [-0.1, -0.05) is 48.6 Å². The summed E-state index contributed by atoms with van der Waals surface area (Å²) in [4.78, 5) is 4.70. The van der Waals surface area contributed by atoms with Gasteiger partial charge < -0.3 is 0 Å². The highest BCUT2D eigenvalue weighted by molar-refractivity contribution is 5.39. The van der Waals surface area contributed by atoms with E-state index in [0.29, 0.717) is 12.0 Å². The van der Waals surface area contributed by atoms with Crippen molar-refractivity contribution in [2.24, 2.45) is 10.9 Å². The van der Waals surface area contributed by atoms with Crippen LogP contribution < -0.4 is 10.6 Å². The number of hydrogen-bond acceptors (Lipinski definition) is 1. The summed E-state index contributed by atoms with van der Waals surface area (Å²) in [6, 6.07) is 8.62. The Kier molecular flexibility index (Phi) is 1.63. The predicted molar refractivity (Wildman–Crippen MR) is 57.2 cm³/mol. The molecule has 2 atom stereocenters. The molecule has 2 aliphatic rings. The van der Waals surface area contributed by atoms with E-state index in [1.54, 1.807) is 0 Å². The van der Waals surface area contributed by atoms with Crippen molar-refractivity contribution in [3.8, 4) is 0 Å². The van der Waals surface area contributed by atoms with Crippen molar-refractivity contribution >= 4 is 6.08 Å². The van der Waals surface area contributed by atoms with Crippen LogP contribution in [0.2, 0.25) is 0 Å². The molecular weight excluding hydrogens is 170 g/mol. The van der Waals surface area contributed by atoms with Crippen molar-refractivity contribution in [1.82, 2.24) is 0 Å². The molecule has 1 heterocycles. The zero-order valence-electron chi connectivity index (χ0n) is 7.80. The second kappa shape index (κ2) is 2.95. The molecule has 1 nitrogen and oxygen atoms in total. The lowest BCUT2D eigenvalue weighted by Gasteiger charge is -2.20. The maximum Gasteiger partial charge on any atom is 0.0787 e. The number of nitrogens with zero attached hydrogens (tertiary/aromatic N) is 1. The first-order valence-corrected chi connectivity index (χ1v) is 4.93. The van der Waals surface area contributed by atoms with Crippen LogP contribution in [-0.4, -0.2) is 6.04 Å². The monoisotopic (exact) mass is 181 g/mol. The second-order valence-electron chi connectivity index (χ2n) is 3.69. The highest BCUT2D eigenvalue weighted by Crippen LogP contribution is 2.17. The molecule has 1 aromatic rings. The fraction of sp³-hybridized carbons (Fsp3) is 0.154. The third-order valence-corrected chi connectivity index (χ3v) is 2.74. The number of rotatable bonds is 0. The third-order valence-electron chi connectivity index (χ3n) is 2.74. The quantitative estimate of drug-likeness (QED) is 0.570. The van der Waals surface area contributed by atoms with Gasteiger partial charge in [-0.2, -0.15) is 0 Å². The number of benzene rings is 1. The zero-order valence-corrected chi connectivity index (χ0v) is 7.80. The van der Waals surface area contributed by atoms with Crippen molar-refractivity contribution in [3.05, 3.63) is 59.1 Å². The summed E-state index contributed by atoms with van der Waals surface area (Å²) in [6.45, 7) is 0. The number of hydrogen-bond donors (Lipinski definition) is 0. The van der Waals surface area contributed by atoms with Crippen LogP contribution in [0.1, 0.15) is 0 Å². The molecule has 3 rings (SSSR count). The molecule has 0 spiro atoms. The largest absolute Gasteiger partial charge is 0.276 e. The van der Waals surface area contributed by atoms with Crippen LogP contribution in [-0.2, 0) is 0 Å². The van der Waals surface area contributed by atoms with Crippen LogP contribution in [0.4, 0.5) is 0 Å². The lowest BCUT2D eigenvalue weighted by molar-refractivity contribution is 0.683. The summed E-state index contributed by atoms with van der Waals surface area (Å²) in [7, 11) is 0. The smallest absolute Gasteiger partial charge is 0.0787 e. The molecule has 0 saturated carbocycles. The highest BCUT2D eigenvalue weighted by Gasteiger charge is 2.17. The summed E-state index contributed by atoms with van der Waals surface area (Å²) in [6.07, 6.45) is 10.8. The summed E-state index contributed by atoms with van der Waals surface area (Å²) < 4.78 is 0. The molecule has 0 aromatic heterocycles. The van der Waals surface area contributed by atoms with E-state index >= 15 is 0 Å². The van der Waals surface area contributed by atoms with Gasteiger partial charge in [-0.15, -0.1) is 0 Å². The van der Waals surface area contributed by atoms with E-state index in [4.69, 9.17) is 4.99 Å². The van der Waals surface area contributed by atoms with Gasteiger partial charge >= 0.3 is 0 Å². The Bertz CT molecular complexity index is 473. The Labute approximate surface area is 82.8 Å². The van der Waals surface area contributed by atoms with Crippen molar-refractivity contribution in [2.75, 3.05) is 0 Å². The van der Waals surface area contributed by atoms with E-state index in [0.717, 1.165) is 5.36 Å². The Balaban J connectivity index is 2.26. The lowest BCUT2D eigenvalue weighted by atomic mass is 9.92. The van der Waals surface area contributed by atoms with E-state index in [1.807, 2.05) is 6.07 Å². The van der Waals surface area contributed by atoms with Crippen LogP contribution in [0.15, 0.2) is 53.6 Å². The van der Waals surface area contributed by atoms with E-state index in [9.17, 15) is 0 Å². The fourth-order valence-corrected chi connectivity index (χ4v) is 2.01. The van der Waals surface area contributed by atoms with Gasteiger partial charge in [-0.25, -0.2) is 0 Å². The van der Waals surface area contributed by atoms with Gasteiger partial charge in [0.25, 0.3) is 0 Å². The third kappa shape index (κ3) is 1.13. The molecular formula is C13H11N. The molecule has 0 fully saturated rings. The SMILES string of the molecule is C1=CC2C=c3ccccc3=NC2C=C1. The number of fused-ring (bicyclic) bond motifs is 2. The fourth-order valence-electron chi connectivity index (χ4n) is 2.01. The molecule has 0 N–H and O–H groups in total. The van der Waals surface area contributed by atoms with Crippen molar-refractivity contribution in [2.45, 2.75) is 6.04 Å². The zero-order chi connectivity index (χ0) is 9.38. The average molecular weight is 181 g/mol. The first-order valence-electron chi connectivity index (χ1n) is 4.93. The van der Waals surface area contributed by atoms with Gasteiger partial charge in [0.05, 0.1) is 11.4 Å². The minimum Gasteiger partial charge on any atom is -0.276 e. The van der Waals surface area contributed by atoms with Crippen LogP contribution in [0, 0.1) is 5.92 Å². The van der Waals surface area contributed by atoms with Crippen LogP contribution in [0.5, 0.6) is 0 Å². The first-order chi connectivity index (χ1) is 6.93. The van der Waals surface area contributed by atoms with Gasteiger partial charge in [-0.3, -0.25) is 4.99 Å². The minimum atomic E-state index is 0.315. The summed E-state index contributed by atoms with van der Waals surface area (Å²) in [5, 5.41) is 2.38. The highest BCUT2D eigenvalue weighted by atomic mass is 14.8. The summed E-state index contributed by atoms with van der Waals surface area (Å²) in [5.41, 5.74) is 0. The van der Waals surface area contributed by atoms with E-state index < -0.39 is 0 Å². The molecule has 2 unspecified atom stereocenters. The maximum atomic E-state index is 4.70. The maximum absolute atomic E-state index is 4.70. The summed E-state index contributed by atoms with van der Waals surface area (Å²) >= 11 is 0. The van der Waals surface area contributed by atoms with Gasteiger partial charge in [0.15, 0.2) is 0 Å². The van der Waals surface area contributed by atoms with Gasteiger partial charge in [0, 0.05) is 5.92 Å². The molecule has 0 radical (unpaired) electrons. The van der Waals surface area contributed by atoms with Crippen molar-refractivity contribution in [3.63, 3.8) is 0 Å². The second-order valence-corrected chi connectivity index (χ2v) is 3.69. The Morgan fingerprint density at radius 3 is 2.86 bits per heavy atom. The topological polar surface area (TPSA) is 12.4 Å². The molecule has 1 aromatic carbocycles. The van der Waals surface area contributed by atoms with Crippen LogP contribution >= 0.6 is 0 Å². The molecule has 1 heteroatoms. The molecule has 0 bridgehead atoms. The summed E-state index contributed by atoms with van der Waals surface area (Å²) in [5.74, 6) is 0.454. The average Bonchev–Trinajstić information content (AvgIpc) is 2.26. The standard InChI is InChI=1S/C13H11N/c1-3-7-12-10(5-1)9-11-6-2-4-8-13(11)14-12/h1-10,12H.